The average molecular weight is 239 g/mol. The van der Waals surface area contributed by atoms with Crippen molar-refractivity contribution in [3.8, 4) is 17.2 Å². The maximum absolute atomic E-state index is 6.18. The predicted octanol–water partition coefficient (Wildman–Crippen LogP) is 2.37. The minimum absolute atomic E-state index is 0.134. The fraction of sp³-hybridized carbons (Fsp3) is 0.538. The van der Waals surface area contributed by atoms with Crippen LogP contribution >= 0.6 is 0 Å². The largest absolute Gasteiger partial charge is 0.496 e. The van der Waals surface area contributed by atoms with Crippen LogP contribution in [0.4, 0.5) is 0 Å². The molecule has 0 saturated carbocycles. The van der Waals surface area contributed by atoms with Crippen molar-refractivity contribution in [2.24, 2.45) is 11.7 Å². The van der Waals surface area contributed by atoms with Gasteiger partial charge in [-0.25, -0.2) is 0 Å². The van der Waals surface area contributed by atoms with E-state index in [1.165, 1.54) is 0 Å². The number of ether oxygens (including phenoxy) is 3. The van der Waals surface area contributed by atoms with Crippen molar-refractivity contribution in [3.63, 3.8) is 0 Å². The van der Waals surface area contributed by atoms with Crippen LogP contribution in [0.5, 0.6) is 17.2 Å². The van der Waals surface area contributed by atoms with Crippen molar-refractivity contribution >= 4 is 0 Å². The highest BCUT2D eigenvalue weighted by Gasteiger charge is 2.21. The Kier molecular flexibility index (Phi) is 4.63. The average Bonchev–Trinajstić information content (AvgIpc) is 2.35. The standard InChI is InChI=1S/C13H21NO3/c1-8(2)13(14)12-10(16-4)6-9(15-3)7-11(12)17-5/h6-8,13H,14H2,1-5H3. The molecule has 0 spiro atoms. The Hall–Kier alpha value is -1.42. The normalized spacial score (nSPS) is 12.4. The van der Waals surface area contributed by atoms with E-state index in [1.54, 1.807) is 21.3 Å². The van der Waals surface area contributed by atoms with Crippen LogP contribution in [0, 0.1) is 5.92 Å². The van der Waals surface area contributed by atoms with E-state index >= 15 is 0 Å². The van der Waals surface area contributed by atoms with E-state index in [1.807, 2.05) is 12.1 Å². The van der Waals surface area contributed by atoms with Gasteiger partial charge in [-0.2, -0.15) is 0 Å². The fourth-order valence-corrected chi connectivity index (χ4v) is 1.69. The summed E-state index contributed by atoms with van der Waals surface area (Å²) in [5, 5.41) is 0. The Morgan fingerprint density at radius 3 is 1.71 bits per heavy atom. The van der Waals surface area contributed by atoms with E-state index in [9.17, 15) is 0 Å². The number of nitrogens with two attached hydrogens (primary N) is 1. The molecule has 0 aliphatic heterocycles. The summed E-state index contributed by atoms with van der Waals surface area (Å²) in [6.07, 6.45) is 0. The van der Waals surface area contributed by atoms with Gasteiger partial charge in [-0.3, -0.25) is 0 Å². The molecule has 17 heavy (non-hydrogen) atoms. The molecule has 0 aliphatic rings. The van der Waals surface area contributed by atoms with Gasteiger partial charge < -0.3 is 19.9 Å². The molecule has 2 N–H and O–H groups in total. The number of hydrogen-bond donors (Lipinski definition) is 1. The molecule has 1 aromatic carbocycles. The highest BCUT2D eigenvalue weighted by Crippen LogP contribution is 2.39. The summed E-state index contributed by atoms with van der Waals surface area (Å²) in [7, 11) is 4.84. The van der Waals surface area contributed by atoms with Gasteiger partial charge in [-0.15, -0.1) is 0 Å². The molecule has 0 bridgehead atoms. The lowest BCUT2D eigenvalue weighted by Gasteiger charge is -2.22. The van der Waals surface area contributed by atoms with Gasteiger partial charge in [0.15, 0.2) is 0 Å². The van der Waals surface area contributed by atoms with E-state index in [0.717, 1.165) is 5.56 Å². The van der Waals surface area contributed by atoms with Gasteiger partial charge in [0.2, 0.25) is 0 Å². The lowest BCUT2D eigenvalue weighted by atomic mass is 9.95. The Labute approximate surface area is 103 Å². The zero-order valence-corrected chi connectivity index (χ0v) is 11.1. The highest BCUT2D eigenvalue weighted by molar-refractivity contribution is 5.52. The molecule has 4 heteroatoms. The van der Waals surface area contributed by atoms with Crippen LogP contribution in [0.3, 0.4) is 0 Å². The number of rotatable bonds is 5. The third-order valence-corrected chi connectivity index (χ3v) is 2.80. The lowest BCUT2D eigenvalue weighted by molar-refractivity contribution is 0.355. The quantitative estimate of drug-likeness (QED) is 0.857. The van der Waals surface area contributed by atoms with E-state index < -0.39 is 0 Å². The van der Waals surface area contributed by atoms with Crippen LogP contribution in [0.25, 0.3) is 0 Å². The monoisotopic (exact) mass is 239 g/mol. The van der Waals surface area contributed by atoms with Crippen LogP contribution in [0.2, 0.25) is 0 Å². The summed E-state index contributed by atoms with van der Waals surface area (Å²) >= 11 is 0. The van der Waals surface area contributed by atoms with Crippen LogP contribution < -0.4 is 19.9 Å². The van der Waals surface area contributed by atoms with Crippen molar-refractivity contribution < 1.29 is 14.2 Å². The summed E-state index contributed by atoms with van der Waals surface area (Å²) in [4.78, 5) is 0. The molecular formula is C13H21NO3. The molecule has 1 aromatic rings. The molecule has 0 radical (unpaired) electrons. The smallest absolute Gasteiger partial charge is 0.131 e. The molecule has 1 rings (SSSR count). The van der Waals surface area contributed by atoms with E-state index in [2.05, 4.69) is 13.8 Å². The summed E-state index contributed by atoms with van der Waals surface area (Å²) in [5.41, 5.74) is 7.06. The van der Waals surface area contributed by atoms with Gasteiger partial charge >= 0.3 is 0 Å². The summed E-state index contributed by atoms with van der Waals surface area (Å²) in [5.74, 6) is 2.38. The van der Waals surface area contributed by atoms with Crippen molar-refractivity contribution in [1.29, 1.82) is 0 Å². The topological polar surface area (TPSA) is 53.7 Å². The molecule has 4 nitrogen and oxygen atoms in total. The molecular weight excluding hydrogens is 218 g/mol. The van der Waals surface area contributed by atoms with Gasteiger partial charge in [-0.05, 0) is 5.92 Å². The van der Waals surface area contributed by atoms with Crippen LogP contribution in [-0.4, -0.2) is 21.3 Å². The molecule has 0 aliphatic carbocycles. The van der Waals surface area contributed by atoms with Crippen LogP contribution in [0.1, 0.15) is 25.5 Å². The third kappa shape index (κ3) is 2.82. The maximum Gasteiger partial charge on any atom is 0.131 e. The second kappa shape index (κ2) is 5.77. The molecule has 1 unspecified atom stereocenters. The van der Waals surface area contributed by atoms with Crippen LogP contribution in [0.15, 0.2) is 12.1 Å². The zero-order chi connectivity index (χ0) is 13.0. The van der Waals surface area contributed by atoms with Gasteiger partial charge in [0, 0.05) is 18.2 Å². The summed E-state index contributed by atoms with van der Waals surface area (Å²) in [6.45, 7) is 4.13. The summed E-state index contributed by atoms with van der Waals surface area (Å²) < 4.78 is 15.9. The minimum atomic E-state index is -0.134. The maximum atomic E-state index is 6.18. The zero-order valence-electron chi connectivity index (χ0n) is 11.1. The molecule has 1 atom stereocenters. The SMILES string of the molecule is COc1cc(OC)c(C(N)C(C)C)c(OC)c1. The summed E-state index contributed by atoms with van der Waals surface area (Å²) in [6, 6.07) is 3.51. The predicted molar refractivity (Wildman–Crippen MR) is 67.9 cm³/mol. The highest BCUT2D eigenvalue weighted by atomic mass is 16.5. The third-order valence-electron chi connectivity index (χ3n) is 2.80. The molecule has 0 amide bonds. The molecule has 0 heterocycles. The Bertz CT molecular complexity index is 352. The van der Waals surface area contributed by atoms with Crippen molar-refractivity contribution in [3.05, 3.63) is 17.7 Å². The van der Waals surface area contributed by atoms with E-state index in [0.29, 0.717) is 23.2 Å². The Morgan fingerprint density at radius 1 is 0.941 bits per heavy atom. The minimum Gasteiger partial charge on any atom is -0.496 e. The second-order valence-corrected chi connectivity index (χ2v) is 4.22. The molecule has 0 saturated heterocycles. The first-order chi connectivity index (χ1) is 8.04. The fourth-order valence-electron chi connectivity index (χ4n) is 1.69. The first-order valence-corrected chi connectivity index (χ1v) is 5.60. The molecule has 0 aromatic heterocycles. The lowest BCUT2D eigenvalue weighted by Crippen LogP contribution is -2.18. The van der Waals surface area contributed by atoms with Gasteiger partial charge in [-0.1, -0.05) is 13.8 Å². The first kappa shape index (κ1) is 13.6. The molecule has 0 fully saturated rings. The van der Waals surface area contributed by atoms with Gasteiger partial charge in [0.05, 0.1) is 26.9 Å². The number of hydrogen-bond acceptors (Lipinski definition) is 4. The van der Waals surface area contributed by atoms with Crippen molar-refractivity contribution in [1.82, 2.24) is 0 Å². The first-order valence-electron chi connectivity index (χ1n) is 5.60. The Balaban J connectivity index is 3.34. The number of methoxy groups -OCH3 is 3. The molecule has 96 valence electrons. The number of benzene rings is 1. The van der Waals surface area contributed by atoms with Crippen molar-refractivity contribution in [2.75, 3.05) is 21.3 Å². The van der Waals surface area contributed by atoms with Gasteiger partial charge in [0.1, 0.15) is 17.2 Å². The second-order valence-electron chi connectivity index (χ2n) is 4.22. The van der Waals surface area contributed by atoms with Gasteiger partial charge in [0.25, 0.3) is 0 Å². The Morgan fingerprint density at radius 2 is 1.41 bits per heavy atom. The van der Waals surface area contributed by atoms with E-state index in [-0.39, 0.29) is 6.04 Å². The van der Waals surface area contributed by atoms with Crippen LogP contribution in [-0.2, 0) is 0 Å². The van der Waals surface area contributed by atoms with E-state index in [4.69, 9.17) is 19.9 Å². The van der Waals surface area contributed by atoms with Crippen molar-refractivity contribution in [2.45, 2.75) is 19.9 Å².